The number of H-pyrrole nitrogens is 1. The standard InChI is InChI=1S/C27H33N5O2.CH4/c1-30-13-10-23(11-14-30)31-15-17-32(18-16-31)27(34)25(21-5-3-2-4-6-21)29-26(33)22-8-7-20-9-12-28-24(20)19-22;/h2-9,12,19,23,25,28H,10-11,13-18H2,1H3,(H,29,33);1H4/t25-;/m1./s1. The van der Waals surface area contributed by atoms with E-state index in [4.69, 9.17) is 0 Å². The Labute approximate surface area is 208 Å². The maximum Gasteiger partial charge on any atom is 0.252 e. The average molecular weight is 476 g/mol. The summed E-state index contributed by atoms with van der Waals surface area (Å²) in [5.41, 5.74) is 2.25. The molecule has 0 unspecified atom stereocenters. The highest BCUT2D eigenvalue weighted by molar-refractivity contribution is 6.00. The van der Waals surface area contributed by atoms with Gasteiger partial charge in [-0.1, -0.05) is 43.8 Å². The minimum atomic E-state index is -0.706. The zero-order valence-electron chi connectivity index (χ0n) is 19.7. The zero-order valence-corrected chi connectivity index (χ0v) is 19.7. The molecule has 0 radical (unpaired) electrons. The Morgan fingerprint density at radius 2 is 1.66 bits per heavy atom. The van der Waals surface area contributed by atoms with Crippen LogP contribution in [-0.2, 0) is 4.79 Å². The third-order valence-corrected chi connectivity index (χ3v) is 7.30. The average Bonchev–Trinajstić information content (AvgIpc) is 3.36. The minimum absolute atomic E-state index is 0. The molecule has 1 atom stereocenters. The van der Waals surface area contributed by atoms with Gasteiger partial charge in [0.15, 0.2) is 0 Å². The number of carbonyl (C=O) groups excluding carboxylic acids is 2. The molecule has 35 heavy (non-hydrogen) atoms. The molecule has 0 aliphatic carbocycles. The Balaban J connectivity index is 0.00000289. The van der Waals surface area contributed by atoms with Crippen molar-refractivity contribution >= 4 is 22.7 Å². The van der Waals surface area contributed by atoms with Gasteiger partial charge >= 0.3 is 0 Å². The number of nitrogens with one attached hydrogen (secondary N) is 2. The van der Waals surface area contributed by atoms with Gasteiger partial charge in [-0.3, -0.25) is 14.5 Å². The second-order valence-electron chi connectivity index (χ2n) is 9.49. The van der Waals surface area contributed by atoms with Gasteiger partial charge in [-0.15, -0.1) is 0 Å². The molecule has 3 aromatic rings. The summed E-state index contributed by atoms with van der Waals surface area (Å²) < 4.78 is 0. The van der Waals surface area contributed by atoms with Crippen LogP contribution in [0.25, 0.3) is 10.9 Å². The van der Waals surface area contributed by atoms with Gasteiger partial charge in [0.1, 0.15) is 6.04 Å². The van der Waals surface area contributed by atoms with Crippen molar-refractivity contribution in [1.29, 1.82) is 0 Å². The molecule has 2 aromatic carbocycles. The number of aromatic nitrogens is 1. The van der Waals surface area contributed by atoms with Gasteiger partial charge in [0.05, 0.1) is 0 Å². The number of aromatic amines is 1. The van der Waals surface area contributed by atoms with Crippen LogP contribution < -0.4 is 5.32 Å². The van der Waals surface area contributed by atoms with Gasteiger partial charge in [-0.05, 0) is 62.1 Å². The fourth-order valence-corrected chi connectivity index (χ4v) is 5.19. The predicted octanol–water partition coefficient (Wildman–Crippen LogP) is 3.51. The Kier molecular flexibility index (Phi) is 7.88. The number of nitrogens with zero attached hydrogens (tertiary/aromatic N) is 3. The predicted molar refractivity (Wildman–Crippen MR) is 140 cm³/mol. The first-order valence-electron chi connectivity index (χ1n) is 12.2. The van der Waals surface area contributed by atoms with Gasteiger partial charge < -0.3 is 20.1 Å². The SMILES string of the molecule is C.CN1CCC(N2CCN(C(=O)[C@H](NC(=O)c3ccc4cc[nH]c4c3)c3ccccc3)CC2)CC1. The summed E-state index contributed by atoms with van der Waals surface area (Å²) >= 11 is 0. The van der Waals surface area contributed by atoms with E-state index in [-0.39, 0.29) is 19.2 Å². The monoisotopic (exact) mass is 475 g/mol. The molecular formula is C28H37N5O2. The van der Waals surface area contributed by atoms with Crippen LogP contribution in [-0.4, -0.2) is 83.9 Å². The lowest BCUT2D eigenvalue weighted by molar-refractivity contribution is -0.135. The Hall–Kier alpha value is -3.16. The van der Waals surface area contributed by atoms with Crippen molar-refractivity contribution in [3.05, 3.63) is 71.9 Å². The molecule has 0 bridgehead atoms. The Morgan fingerprint density at radius 1 is 0.943 bits per heavy atom. The molecule has 186 valence electrons. The molecule has 7 heteroatoms. The highest BCUT2D eigenvalue weighted by Gasteiger charge is 2.32. The molecule has 5 rings (SSSR count). The molecule has 2 saturated heterocycles. The fourth-order valence-electron chi connectivity index (χ4n) is 5.19. The lowest BCUT2D eigenvalue weighted by Crippen LogP contribution is -2.55. The molecule has 3 heterocycles. The molecule has 1 aromatic heterocycles. The van der Waals surface area contributed by atoms with Crippen molar-refractivity contribution < 1.29 is 9.59 Å². The first-order chi connectivity index (χ1) is 16.6. The third kappa shape index (κ3) is 5.57. The van der Waals surface area contributed by atoms with E-state index < -0.39 is 6.04 Å². The topological polar surface area (TPSA) is 71.7 Å². The van der Waals surface area contributed by atoms with Crippen LogP contribution in [0.1, 0.15) is 42.2 Å². The molecule has 0 spiro atoms. The van der Waals surface area contributed by atoms with Crippen molar-refractivity contribution in [1.82, 2.24) is 25.0 Å². The summed E-state index contributed by atoms with van der Waals surface area (Å²) in [6.07, 6.45) is 4.24. The highest BCUT2D eigenvalue weighted by atomic mass is 16.2. The largest absolute Gasteiger partial charge is 0.361 e. The van der Waals surface area contributed by atoms with Crippen LogP contribution in [0.2, 0.25) is 0 Å². The van der Waals surface area contributed by atoms with Crippen LogP contribution in [0.3, 0.4) is 0 Å². The summed E-state index contributed by atoms with van der Waals surface area (Å²) in [6, 6.07) is 17.0. The Morgan fingerprint density at radius 3 is 2.37 bits per heavy atom. The number of hydrogen-bond acceptors (Lipinski definition) is 4. The summed E-state index contributed by atoms with van der Waals surface area (Å²) in [6.45, 7) is 5.44. The van der Waals surface area contributed by atoms with Crippen molar-refractivity contribution in [2.45, 2.75) is 32.4 Å². The first kappa shape index (κ1) is 24.9. The Bertz CT molecular complexity index is 1130. The number of rotatable bonds is 5. The van der Waals surface area contributed by atoms with Crippen LogP contribution >= 0.6 is 0 Å². The van der Waals surface area contributed by atoms with Crippen molar-refractivity contribution in [2.75, 3.05) is 46.3 Å². The van der Waals surface area contributed by atoms with E-state index in [0.717, 1.165) is 42.6 Å². The van der Waals surface area contributed by atoms with Gasteiger partial charge in [0, 0.05) is 49.5 Å². The van der Waals surface area contributed by atoms with Crippen LogP contribution in [0.4, 0.5) is 0 Å². The van der Waals surface area contributed by atoms with Gasteiger partial charge in [-0.2, -0.15) is 0 Å². The number of fused-ring (bicyclic) bond motifs is 1. The summed E-state index contributed by atoms with van der Waals surface area (Å²) in [7, 11) is 2.18. The molecule has 2 aliphatic rings. The number of piperidine rings is 1. The number of likely N-dealkylation sites (tertiary alicyclic amines) is 1. The van der Waals surface area contributed by atoms with E-state index in [1.807, 2.05) is 59.6 Å². The quantitative estimate of drug-likeness (QED) is 0.592. The smallest absolute Gasteiger partial charge is 0.252 e. The number of carbonyl (C=O) groups is 2. The number of benzene rings is 2. The van der Waals surface area contributed by atoms with E-state index in [9.17, 15) is 9.59 Å². The summed E-state index contributed by atoms with van der Waals surface area (Å²) in [4.78, 5) is 36.8. The number of hydrogen-bond donors (Lipinski definition) is 2. The van der Waals surface area contributed by atoms with Crippen LogP contribution in [0.15, 0.2) is 60.8 Å². The van der Waals surface area contributed by atoms with E-state index in [1.165, 1.54) is 12.8 Å². The minimum Gasteiger partial charge on any atom is -0.361 e. The number of amides is 2. The molecule has 0 saturated carbocycles. The van der Waals surface area contributed by atoms with E-state index in [2.05, 4.69) is 27.1 Å². The van der Waals surface area contributed by atoms with E-state index in [0.29, 0.717) is 24.7 Å². The third-order valence-electron chi connectivity index (χ3n) is 7.30. The van der Waals surface area contributed by atoms with Gasteiger partial charge in [0.25, 0.3) is 5.91 Å². The van der Waals surface area contributed by atoms with Crippen molar-refractivity contribution in [3.63, 3.8) is 0 Å². The zero-order chi connectivity index (χ0) is 23.5. The lowest BCUT2D eigenvalue weighted by atomic mass is 10.0. The first-order valence-corrected chi connectivity index (χ1v) is 12.2. The fraction of sp³-hybridized carbons (Fsp3) is 0.429. The van der Waals surface area contributed by atoms with Gasteiger partial charge in [-0.25, -0.2) is 0 Å². The van der Waals surface area contributed by atoms with E-state index >= 15 is 0 Å². The molecule has 2 aliphatic heterocycles. The van der Waals surface area contributed by atoms with Crippen molar-refractivity contribution in [2.24, 2.45) is 0 Å². The molecule has 2 N–H and O–H groups in total. The summed E-state index contributed by atoms with van der Waals surface area (Å²) in [5.74, 6) is -0.285. The molecule has 7 nitrogen and oxygen atoms in total. The molecule has 2 fully saturated rings. The normalized spacial score (nSPS) is 18.7. The van der Waals surface area contributed by atoms with Gasteiger partial charge in [0.2, 0.25) is 5.91 Å². The summed E-state index contributed by atoms with van der Waals surface area (Å²) in [5, 5.41) is 4.07. The maximum atomic E-state index is 13.6. The molecular weight excluding hydrogens is 438 g/mol. The second kappa shape index (κ2) is 11.1. The van der Waals surface area contributed by atoms with Crippen LogP contribution in [0.5, 0.6) is 0 Å². The lowest BCUT2D eigenvalue weighted by Gasteiger charge is -2.42. The maximum absolute atomic E-state index is 13.6. The number of piperazine rings is 1. The second-order valence-corrected chi connectivity index (χ2v) is 9.49. The van der Waals surface area contributed by atoms with E-state index in [1.54, 1.807) is 6.07 Å². The molecule has 2 amide bonds. The van der Waals surface area contributed by atoms with Crippen LogP contribution in [0, 0.1) is 0 Å². The highest BCUT2D eigenvalue weighted by Crippen LogP contribution is 2.22. The van der Waals surface area contributed by atoms with Crippen molar-refractivity contribution in [3.8, 4) is 0 Å².